The van der Waals surface area contributed by atoms with Crippen LogP contribution in [-0.4, -0.2) is 27.2 Å². The molecule has 1 heterocycles. The predicted molar refractivity (Wildman–Crippen MR) is 58.4 cm³/mol. The van der Waals surface area contributed by atoms with Gasteiger partial charge in [0, 0.05) is 6.54 Å². The zero-order valence-corrected chi connectivity index (χ0v) is 11.6. The summed E-state index contributed by atoms with van der Waals surface area (Å²) in [6, 6.07) is 2.85. The summed E-state index contributed by atoms with van der Waals surface area (Å²) in [4.78, 5) is 0. The van der Waals surface area contributed by atoms with Gasteiger partial charge in [-0.05, 0) is 12.1 Å². The molecule has 1 saturated heterocycles. The van der Waals surface area contributed by atoms with Crippen molar-refractivity contribution in [2.75, 3.05) is 6.54 Å². The van der Waals surface area contributed by atoms with Crippen molar-refractivity contribution in [2.24, 2.45) is 0 Å². The molecule has 1 aliphatic heterocycles. The molecule has 0 aromatic heterocycles. The average molecular weight is 203 g/mol. The van der Waals surface area contributed by atoms with E-state index in [1.807, 2.05) is 0 Å². The first-order valence-electron chi connectivity index (χ1n) is 4.57. The van der Waals surface area contributed by atoms with Crippen molar-refractivity contribution in [3.8, 4) is 5.92 Å². The van der Waals surface area contributed by atoms with Gasteiger partial charge in [-0.2, -0.15) is 0 Å². The molecule has 0 saturated carbocycles. The molecular weight excluding hydrogens is 185 g/mol. The van der Waals surface area contributed by atoms with Crippen LogP contribution in [-0.2, 0) is 0 Å². The third kappa shape index (κ3) is 2.75. The Morgan fingerprint density at radius 2 is 1.54 bits per heavy atom. The second-order valence-electron chi connectivity index (χ2n) is 4.89. The molecule has 0 aliphatic carbocycles. The number of hydrogen-bond acceptors (Lipinski definition) is 1. The molecule has 1 fully saturated rings. The number of nitrogens with zero attached hydrogens (tertiary/aromatic N) is 1. The quantitative estimate of drug-likeness (QED) is 0.310. The molecule has 1 aliphatic rings. The van der Waals surface area contributed by atoms with E-state index in [0.717, 1.165) is 6.54 Å². The fourth-order valence-corrected chi connectivity index (χ4v) is 15.9. The summed E-state index contributed by atoms with van der Waals surface area (Å²) < 4.78 is 2.65. The van der Waals surface area contributed by atoms with E-state index in [4.69, 9.17) is 6.42 Å². The van der Waals surface area contributed by atoms with E-state index < -0.39 is 16.5 Å². The third-order valence-electron chi connectivity index (χ3n) is 3.05. The first-order chi connectivity index (χ1) is 5.40. The summed E-state index contributed by atoms with van der Waals surface area (Å²) in [6.07, 6.45) is 7.07. The van der Waals surface area contributed by atoms with E-state index >= 15 is 0 Å². The summed E-state index contributed by atoms with van der Waals surface area (Å²) >= 11 is 0. The minimum Gasteiger partial charge on any atom is -0.692 e. The monoisotopic (exact) mass is 203 g/mol. The average Bonchev–Trinajstić information content (AvgIpc) is 2.13. The molecule has 0 aromatic rings. The van der Waals surface area contributed by atoms with Crippen LogP contribution in [0.1, 0.15) is 0 Å². The largest absolute Gasteiger partial charge is 1.00 e. The Balaban J connectivity index is 0.00000144. The molecule has 0 amide bonds. The molecule has 0 radical (unpaired) electrons. The minimum atomic E-state index is -1.11. The number of hydrogen-bond donors (Lipinski definition) is 0. The maximum absolute atomic E-state index is 7.07. The van der Waals surface area contributed by atoms with Crippen LogP contribution in [0.3, 0.4) is 0 Å². The minimum absolute atomic E-state index is 0. The molecule has 13 heavy (non-hydrogen) atoms. The van der Waals surface area contributed by atoms with Crippen LogP contribution >= 0.6 is 0 Å². The molecular formula is C9H18LiNSi2. The van der Waals surface area contributed by atoms with E-state index in [1.54, 1.807) is 0 Å². The molecule has 0 unspecified atom stereocenters. The van der Waals surface area contributed by atoms with Crippen LogP contribution in [0.5, 0.6) is 0 Å². The first-order valence-corrected chi connectivity index (χ1v) is 10.9. The zero-order valence-electron chi connectivity index (χ0n) is 9.57. The molecule has 68 valence electrons. The van der Waals surface area contributed by atoms with Crippen molar-refractivity contribution in [3.63, 3.8) is 0 Å². The van der Waals surface area contributed by atoms with Crippen LogP contribution in [0.25, 0.3) is 0 Å². The van der Waals surface area contributed by atoms with Gasteiger partial charge in [0.25, 0.3) is 0 Å². The summed E-state index contributed by atoms with van der Waals surface area (Å²) in [5, 5.41) is 0. The normalized spacial score (nSPS) is 24.8. The van der Waals surface area contributed by atoms with Crippen molar-refractivity contribution >= 4 is 16.5 Å². The van der Waals surface area contributed by atoms with E-state index in [1.165, 1.54) is 12.1 Å². The molecule has 0 N–H and O–H groups in total. The topological polar surface area (TPSA) is 3.24 Å². The second kappa shape index (κ2) is 4.38. The SMILES string of the molecule is [C-]#CCN1[Si](C)(C)CC[Si]1(C)C.[Li+]. The molecule has 0 aromatic carbocycles. The van der Waals surface area contributed by atoms with Crippen LogP contribution in [0.2, 0.25) is 38.3 Å². The molecule has 4 heteroatoms. The summed E-state index contributed by atoms with van der Waals surface area (Å²) in [6.45, 7) is 10.5. The van der Waals surface area contributed by atoms with Crippen LogP contribution in [0.15, 0.2) is 0 Å². The summed E-state index contributed by atoms with van der Waals surface area (Å²) in [5.74, 6) is 2.57. The summed E-state index contributed by atoms with van der Waals surface area (Å²) in [5.41, 5.74) is 0. The van der Waals surface area contributed by atoms with Crippen molar-refractivity contribution in [3.05, 3.63) is 6.42 Å². The van der Waals surface area contributed by atoms with Crippen molar-refractivity contribution in [1.82, 2.24) is 4.23 Å². The van der Waals surface area contributed by atoms with E-state index in [9.17, 15) is 0 Å². The van der Waals surface area contributed by atoms with Gasteiger partial charge >= 0.3 is 18.9 Å². The van der Waals surface area contributed by atoms with Gasteiger partial charge in [-0.15, -0.1) is 0 Å². The Morgan fingerprint density at radius 1 is 1.15 bits per heavy atom. The van der Waals surface area contributed by atoms with Gasteiger partial charge in [0.05, 0.1) is 0 Å². The molecule has 0 atom stereocenters. The van der Waals surface area contributed by atoms with Gasteiger partial charge < -0.3 is 16.6 Å². The first kappa shape index (κ1) is 13.6. The Hall–Kier alpha value is 0.551. The van der Waals surface area contributed by atoms with Crippen molar-refractivity contribution in [1.29, 1.82) is 0 Å². The van der Waals surface area contributed by atoms with Gasteiger partial charge in [-0.25, -0.2) is 0 Å². The van der Waals surface area contributed by atoms with Crippen molar-refractivity contribution in [2.45, 2.75) is 38.3 Å². The van der Waals surface area contributed by atoms with Gasteiger partial charge in [0.1, 0.15) is 16.5 Å². The second-order valence-corrected chi connectivity index (χ2v) is 14.7. The van der Waals surface area contributed by atoms with Crippen molar-refractivity contribution < 1.29 is 18.9 Å². The maximum atomic E-state index is 7.07. The Labute approximate surface area is 96.6 Å². The van der Waals surface area contributed by atoms with Gasteiger partial charge in [0.15, 0.2) is 0 Å². The van der Waals surface area contributed by atoms with Crippen LogP contribution < -0.4 is 18.9 Å². The fraction of sp³-hybridized carbons (Fsp3) is 0.778. The molecule has 0 spiro atoms. The van der Waals surface area contributed by atoms with Gasteiger partial charge in [-0.3, -0.25) is 0 Å². The Bertz CT molecular complexity index is 204. The van der Waals surface area contributed by atoms with Crippen LogP contribution in [0, 0.1) is 12.3 Å². The van der Waals surface area contributed by atoms with Gasteiger partial charge in [-0.1, -0.05) is 26.2 Å². The van der Waals surface area contributed by atoms with E-state index in [2.05, 4.69) is 36.3 Å². The fourth-order valence-electron chi connectivity index (χ4n) is 2.21. The molecule has 0 bridgehead atoms. The predicted octanol–water partition coefficient (Wildman–Crippen LogP) is -0.694. The standard InChI is InChI=1S/C9H18NSi2.Li/c1-6-7-10-11(2,3)8-9-12(10,4)5;/h7-9H2,2-5H3;/q-1;+1. The summed E-state index contributed by atoms with van der Waals surface area (Å²) in [7, 11) is -2.23. The zero-order chi connectivity index (χ0) is 9.41. The Kier molecular flexibility index (Phi) is 4.57. The Morgan fingerprint density at radius 3 is 1.85 bits per heavy atom. The van der Waals surface area contributed by atoms with Gasteiger partial charge in [0.2, 0.25) is 0 Å². The maximum Gasteiger partial charge on any atom is 1.00 e. The molecule has 1 rings (SSSR count). The smallest absolute Gasteiger partial charge is 0.692 e. The third-order valence-corrected chi connectivity index (χ3v) is 13.4. The van der Waals surface area contributed by atoms with Crippen LogP contribution in [0.4, 0.5) is 0 Å². The van der Waals surface area contributed by atoms with E-state index in [-0.39, 0.29) is 18.9 Å². The number of rotatable bonds is 1. The van der Waals surface area contributed by atoms with E-state index in [0.29, 0.717) is 0 Å². The molecule has 1 nitrogen and oxygen atoms in total.